The summed E-state index contributed by atoms with van der Waals surface area (Å²) in [5.74, 6) is 2.25. The second-order valence-electron chi connectivity index (χ2n) is 3.99. The maximum atomic E-state index is 5.30. The molecule has 2 aliphatic heterocycles. The molecule has 2 heterocycles. The van der Waals surface area contributed by atoms with Crippen molar-refractivity contribution in [2.75, 3.05) is 19.9 Å². The molecule has 1 aromatic carbocycles. The van der Waals surface area contributed by atoms with Gasteiger partial charge in [0.15, 0.2) is 11.5 Å². The van der Waals surface area contributed by atoms with Gasteiger partial charge in [-0.05, 0) is 30.2 Å². The summed E-state index contributed by atoms with van der Waals surface area (Å²) in [5.41, 5.74) is 3.82. The highest BCUT2D eigenvalue weighted by atomic mass is 127. The number of hydrazone groups is 1. The van der Waals surface area contributed by atoms with E-state index in [4.69, 9.17) is 9.47 Å². The number of ether oxygens (including phenoxy) is 2. The number of rotatable bonds is 2. The van der Waals surface area contributed by atoms with Crippen molar-refractivity contribution in [1.29, 1.82) is 0 Å². The quantitative estimate of drug-likeness (QED) is 0.466. The Kier molecular flexibility index (Phi) is 4.83. The number of guanidine groups is 1. The Morgan fingerprint density at radius 1 is 1.32 bits per heavy atom. The molecule has 6 nitrogen and oxygen atoms in total. The van der Waals surface area contributed by atoms with E-state index < -0.39 is 0 Å². The zero-order valence-corrected chi connectivity index (χ0v) is 12.6. The molecule has 0 radical (unpaired) electrons. The summed E-state index contributed by atoms with van der Waals surface area (Å²) in [6, 6.07) is 5.69. The number of hydrogen-bond donors (Lipinski definition) is 2. The summed E-state index contributed by atoms with van der Waals surface area (Å²) in [5, 5.41) is 7.25. The number of halogens is 1. The molecule has 19 heavy (non-hydrogen) atoms. The van der Waals surface area contributed by atoms with Crippen molar-refractivity contribution in [3.8, 4) is 11.5 Å². The van der Waals surface area contributed by atoms with E-state index in [2.05, 4.69) is 20.8 Å². The Labute approximate surface area is 128 Å². The molecule has 102 valence electrons. The molecule has 0 atom stereocenters. The lowest BCUT2D eigenvalue weighted by Crippen LogP contribution is -2.38. The first kappa shape index (κ1) is 13.9. The number of aliphatic imine (C=N–C) groups is 1. The van der Waals surface area contributed by atoms with Gasteiger partial charge in [-0.1, -0.05) is 0 Å². The van der Waals surface area contributed by atoms with Crippen LogP contribution < -0.4 is 20.2 Å². The molecule has 0 spiro atoms. The second-order valence-corrected chi connectivity index (χ2v) is 3.99. The predicted molar refractivity (Wildman–Crippen MR) is 83.6 cm³/mol. The summed E-state index contributed by atoms with van der Waals surface area (Å²) < 4.78 is 10.5. The first-order chi connectivity index (χ1) is 8.92. The van der Waals surface area contributed by atoms with Gasteiger partial charge < -0.3 is 14.8 Å². The monoisotopic (exact) mass is 374 g/mol. The van der Waals surface area contributed by atoms with E-state index in [0.717, 1.165) is 42.5 Å². The van der Waals surface area contributed by atoms with Gasteiger partial charge in [0, 0.05) is 13.1 Å². The highest BCUT2D eigenvalue weighted by Crippen LogP contribution is 2.31. The summed E-state index contributed by atoms with van der Waals surface area (Å²) in [4.78, 5) is 4.25. The minimum absolute atomic E-state index is 0. The number of nitrogens with zero attached hydrogens (tertiary/aromatic N) is 2. The number of hydrogen-bond acceptors (Lipinski definition) is 6. The Bertz CT molecular complexity index is 505. The average Bonchev–Trinajstić information content (AvgIpc) is 2.87. The van der Waals surface area contributed by atoms with Crippen LogP contribution in [-0.2, 0) is 0 Å². The van der Waals surface area contributed by atoms with Crippen LogP contribution in [0.5, 0.6) is 11.5 Å². The normalized spacial score (nSPS) is 16.5. The summed E-state index contributed by atoms with van der Waals surface area (Å²) in [6.07, 6.45) is 2.79. The Hall–Kier alpha value is -1.51. The van der Waals surface area contributed by atoms with E-state index in [-0.39, 0.29) is 30.8 Å². The van der Waals surface area contributed by atoms with Gasteiger partial charge in [-0.3, -0.25) is 4.99 Å². The van der Waals surface area contributed by atoms with Gasteiger partial charge in [-0.15, -0.1) is 24.0 Å². The third kappa shape index (κ3) is 3.49. The predicted octanol–water partition coefficient (Wildman–Crippen LogP) is 1.31. The van der Waals surface area contributed by atoms with Crippen LogP contribution in [0.25, 0.3) is 0 Å². The zero-order chi connectivity index (χ0) is 12.2. The summed E-state index contributed by atoms with van der Waals surface area (Å²) >= 11 is 0. The van der Waals surface area contributed by atoms with E-state index in [9.17, 15) is 0 Å². The maximum absolute atomic E-state index is 5.30. The summed E-state index contributed by atoms with van der Waals surface area (Å²) in [6.45, 7) is 2.06. The molecule has 0 aliphatic carbocycles. The van der Waals surface area contributed by atoms with Crippen molar-refractivity contribution in [3.63, 3.8) is 0 Å². The third-order valence-corrected chi connectivity index (χ3v) is 2.68. The SMILES string of the molecule is C(=N/NC1=NCCCN1)/c1ccc2c(c1)OCO2.I. The van der Waals surface area contributed by atoms with Crippen LogP contribution in [0.3, 0.4) is 0 Å². The molecule has 0 bridgehead atoms. The molecular weight excluding hydrogens is 359 g/mol. The average molecular weight is 374 g/mol. The van der Waals surface area contributed by atoms with Crippen LogP contribution in [0.15, 0.2) is 28.3 Å². The molecule has 7 heteroatoms. The molecule has 2 aliphatic rings. The van der Waals surface area contributed by atoms with E-state index in [1.54, 1.807) is 6.21 Å². The first-order valence-electron chi connectivity index (χ1n) is 5.89. The van der Waals surface area contributed by atoms with Gasteiger partial charge >= 0.3 is 0 Å². The minimum atomic E-state index is 0. The highest BCUT2D eigenvalue weighted by molar-refractivity contribution is 14.0. The topological polar surface area (TPSA) is 67.2 Å². The molecule has 0 saturated carbocycles. The Balaban J connectivity index is 0.00000133. The first-order valence-corrected chi connectivity index (χ1v) is 5.89. The third-order valence-electron chi connectivity index (χ3n) is 2.68. The summed E-state index contributed by atoms with van der Waals surface area (Å²) in [7, 11) is 0. The maximum Gasteiger partial charge on any atom is 0.231 e. The van der Waals surface area contributed by atoms with E-state index in [1.165, 1.54) is 0 Å². The molecule has 1 aromatic rings. The van der Waals surface area contributed by atoms with E-state index in [0.29, 0.717) is 0 Å². The van der Waals surface area contributed by atoms with Gasteiger partial charge in [-0.25, -0.2) is 5.43 Å². The van der Waals surface area contributed by atoms with Gasteiger partial charge in [0.25, 0.3) is 0 Å². The zero-order valence-electron chi connectivity index (χ0n) is 10.3. The van der Waals surface area contributed by atoms with Gasteiger partial charge in [0.1, 0.15) is 0 Å². The smallest absolute Gasteiger partial charge is 0.231 e. The fourth-order valence-corrected chi connectivity index (χ4v) is 1.77. The van der Waals surface area contributed by atoms with Gasteiger partial charge in [0.05, 0.1) is 6.21 Å². The van der Waals surface area contributed by atoms with Crippen molar-refractivity contribution < 1.29 is 9.47 Å². The van der Waals surface area contributed by atoms with Gasteiger partial charge in [-0.2, -0.15) is 5.10 Å². The van der Waals surface area contributed by atoms with E-state index in [1.807, 2.05) is 18.2 Å². The largest absolute Gasteiger partial charge is 0.454 e. The molecule has 2 N–H and O–H groups in total. The Morgan fingerprint density at radius 3 is 3.05 bits per heavy atom. The standard InChI is InChI=1S/C12H14N4O2.HI/c1-4-13-12(14-5-1)16-15-7-9-2-3-10-11(6-9)18-8-17-10;/h2-3,6-7H,1,4-5,8H2,(H2,13,14,16);1H/b15-7-;. The molecular formula is C12H15IN4O2. The molecule has 0 saturated heterocycles. The van der Waals surface area contributed by atoms with Crippen molar-refractivity contribution in [2.24, 2.45) is 10.1 Å². The molecule has 0 amide bonds. The molecule has 0 unspecified atom stereocenters. The van der Waals surface area contributed by atoms with Crippen LogP contribution in [0.2, 0.25) is 0 Å². The van der Waals surface area contributed by atoms with Crippen molar-refractivity contribution in [1.82, 2.24) is 10.7 Å². The van der Waals surface area contributed by atoms with Crippen LogP contribution in [-0.4, -0.2) is 32.1 Å². The van der Waals surface area contributed by atoms with Crippen molar-refractivity contribution >= 4 is 36.2 Å². The Morgan fingerprint density at radius 2 is 2.21 bits per heavy atom. The lowest BCUT2D eigenvalue weighted by molar-refractivity contribution is 0.174. The van der Waals surface area contributed by atoms with Crippen LogP contribution >= 0.6 is 24.0 Å². The van der Waals surface area contributed by atoms with E-state index >= 15 is 0 Å². The fraction of sp³-hybridized carbons (Fsp3) is 0.333. The van der Waals surface area contributed by atoms with Crippen LogP contribution in [0.1, 0.15) is 12.0 Å². The molecule has 0 fully saturated rings. The van der Waals surface area contributed by atoms with Crippen molar-refractivity contribution in [2.45, 2.75) is 6.42 Å². The number of benzene rings is 1. The van der Waals surface area contributed by atoms with Gasteiger partial charge in [0.2, 0.25) is 12.8 Å². The van der Waals surface area contributed by atoms with Crippen molar-refractivity contribution in [3.05, 3.63) is 23.8 Å². The van der Waals surface area contributed by atoms with Crippen LogP contribution in [0, 0.1) is 0 Å². The lowest BCUT2D eigenvalue weighted by Gasteiger charge is -2.12. The van der Waals surface area contributed by atoms with Crippen LogP contribution in [0.4, 0.5) is 0 Å². The number of fused-ring (bicyclic) bond motifs is 1. The fourth-order valence-electron chi connectivity index (χ4n) is 1.77. The highest BCUT2D eigenvalue weighted by Gasteiger charge is 2.12. The minimum Gasteiger partial charge on any atom is -0.454 e. The second kappa shape index (κ2) is 6.60. The lowest BCUT2D eigenvalue weighted by atomic mass is 10.2. The molecule has 0 aromatic heterocycles. The number of nitrogens with one attached hydrogen (secondary N) is 2. The molecule has 3 rings (SSSR count).